The summed E-state index contributed by atoms with van der Waals surface area (Å²) >= 11 is 5.97. The van der Waals surface area contributed by atoms with Crippen LogP contribution in [0, 0.1) is 11.3 Å². The van der Waals surface area contributed by atoms with Crippen molar-refractivity contribution in [2.75, 3.05) is 19.7 Å². The molecule has 0 bridgehead atoms. The number of halogens is 1. The van der Waals surface area contributed by atoms with Gasteiger partial charge in [0.15, 0.2) is 5.58 Å². The van der Waals surface area contributed by atoms with E-state index in [9.17, 15) is 0 Å². The minimum absolute atomic E-state index is 0.264. The predicted octanol–water partition coefficient (Wildman–Crippen LogP) is 2.85. The first kappa shape index (κ1) is 13.2. The molecular formula is C14H14ClN3O2. The number of aromatic nitrogens is 1. The zero-order valence-electron chi connectivity index (χ0n) is 10.9. The Bertz CT molecular complexity index is 649. The Labute approximate surface area is 121 Å². The van der Waals surface area contributed by atoms with Crippen molar-refractivity contribution >= 4 is 22.6 Å². The summed E-state index contributed by atoms with van der Waals surface area (Å²) in [5.74, 6) is 0.464. The molecule has 0 radical (unpaired) electrons. The number of likely N-dealkylation sites (tertiary alicyclic amines) is 1. The SMILES string of the molecule is N#CCN1CCC[C@H]1COc1noc2ccc(Cl)cc12. The highest BCUT2D eigenvalue weighted by atomic mass is 35.5. The smallest absolute Gasteiger partial charge is 0.262 e. The van der Waals surface area contributed by atoms with Crippen LogP contribution in [0.25, 0.3) is 11.0 Å². The van der Waals surface area contributed by atoms with Crippen molar-refractivity contribution in [1.29, 1.82) is 5.26 Å². The van der Waals surface area contributed by atoms with Gasteiger partial charge < -0.3 is 9.26 Å². The summed E-state index contributed by atoms with van der Waals surface area (Å²) in [5.41, 5.74) is 0.657. The van der Waals surface area contributed by atoms with Gasteiger partial charge in [0.2, 0.25) is 0 Å². The second kappa shape index (κ2) is 5.70. The maximum absolute atomic E-state index is 8.79. The minimum atomic E-state index is 0.264. The third kappa shape index (κ3) is 2.58. The third-order valence-electron chi connectivity index (χ3n) is 3.58. The highest BCUT2D eigenvalue weighted by Crippen LogP contribution is 2.28. The molecule has 2 aromatic rings. The van der Waals surface area contributed by atoms with Crippen molar-refractivity contribution in [1.82, 2.24) is 10.1 Å². The van der Waals surface area contributed by atoms with Crippen molar-refractivity contribution in [3.63, 3.8) is 0 Å². The van der Waals surface area contributed by atoms with E-state index in [1.165, 1.54) is 0 Å². The average molecular weight is 292 g/mol. The fraction of sp³-hybridized carbons (Fsp3) is 0.429. The number of ether oxygens (including phenoxy) is 1. The maximum atomic E-state index is 8.79. The molecule has 2 heterocycles. The van der Waals surface area contributed by atoms with Gasteiger partial charge in [-0.1, -0.05) is 11.6 Å². The molecule has 6 heteroatoms. The van der Waals surface area contributed by atoms with Gasteiger partial charge in [-0.3, -0.25) is 4.90 Å². The van der Waals surface area contributed by atoms with Gasteiger partial charge in [0, 0.05) is 11.1 Å². The molecule has 104 valence electrons. The molecule has 5 nitrogen and oxygen atoms in total. The molecule has 3 rings (SSSR count). The van der Waals surface area contributed by atoms with Gasteiger partial charge in [-0.15, -0.1) is 0 Å². The van der Waals surface area contributed by atoms with E-state index in [1.54, 1.807) is 18.2 Å². The van der Waals surface area contributed by atoms with Crippen LogP contribution in [0.15, 0.2) is 22.7 Å². The Balaban J connectivity index is 1.71. The second-order valence-corrected chi connectivity index (χ2v) is 5.30. The summed E-state index contributed by atoms with van der Waals surface area (Å²) in [6.07, 6.45) is 2.14. The summed E-state index contributed by atoms with van der Waals surface area (Å²) in [4.78, 5) is 2.13. The molecule has 0 aliphatic carbocycles. The molecule has 0 unspecified atom stereocenters. The number of fused-ring (bicyclic) bond motifs is 1. The lowest BCUT2D eigenvalue weighted by Crippen LogP contribution is -2.34. The first-order chi connectivity index (χ1) is 9.78. The topological polar surface area (TPSA) is 62.3 Å². The predicted molar refractivity (Wildman–Crippen MR) is 74.7 cm³/mol. The lowest BCUT2D eigenvalue weighted by Gasteiger charge is -2.20. The largest absolute Gasteiger partial charge is 0.473 e. The molecule has 1 aromatic carbocycles. The third-order valence-corrected chi connectivity index (χ3v) is 3.82. The van der Waals surface area contributed by atoms with Crippen molar-refractivity contribution in [2.45, 2.75) is 18.9 Å². The number of nitriles is 1. The monoisotopic (exact) mass is 291 g/mol. The number of nitrogens with zero attached hydrogens (tertiary/aromatic N) is 3. The molecule has 1 aliphatic rings. The molecule has 1 fully saturated rings. The quantitative estimate of drug-likeness (QED) is 0.811. The van der Waals surface area contributed by atoms with Crippen LogP contribution in [-0.4, -0.2) is 35.8 Å². The molecular weight excluding hydrogens is 278 g/mol. The number of hydrogen-bond acceptors (Lipinski definition) is 5. The molecule has 0 N–H and O–H groups in total. The fourth-order valence-electron chi connectivity index (χ4n) is 2.55. The van der Waals surface area contributed by atoms with E-state index in [0.29, 0.717) is 29.6 Å². The van der Waals surface area contributed by atoms with Crippen molar-refractivity contribution in [3.05, 3.63) is 23.2 Å². The second-order valence-electron chi connectivity index (χ2n) is 4.86. The zero-order chi connectivity index (χ0) is 13.9. The summed E-state index contributed by atoms with van der Waals surface area (Å²) in [6.45, 7) is 1.90. The first-order valence-electron chi connectivity index (χ1n) is 6.56. The van der Waals surface area contributed by atoms with Crippen LogP contribution in [0.5, 0.6) is 5.88 Å². The molecule has 1 aromatic heterocycles. The lowest BCUT2D eigenvalue weighted by molar-refractivity contribution is 0.178. The van der Waals surface area contributed by atoms with Crippen LogP contribution in [0.4, 0.5) is 0 Å². The summed E-state index contributed by atoms with van der Waals surface area (Å²) in [5, 5.41) is 14.1. The van der Waals surface area contributed by atoms with Crippen LogP contribution in [0.3, 0.4) is 0 Å². The molecule has 1 aliphatic heterocycles. The van der Waals surface area contributed by atoms with Crippen molar-refractivity contribution in [2.24, 2.45) is 0 Å². The van der Waals surface area contributed by atoms with Crippen LogP contribution >= 0.6 is 11.6 Å². The van der Waals surface area contributed by atoms with E-state index in [0.717, 1.165) is 24.8 Å². The van der Waals surface area contributed by atoms with Gasteiger partial charge in [0.05, 0.1) is 18.0 Å². The highest BCUT2D eigenvalue weighted by molar-refractivity contribution is 6.31. The molecule has 0 amide bonds. The van der Waals surface area contributed by atoms with E-state index < -0.39 is 0 Å². The summed E-state index contributed by atoms with van der Waals surface area (Å²) in [6, 6.07) is 7.76. The minimum Gasteiger partial charge on any atom is -0.473 e. The van der Waals surface area contributed by atoms with Crippen LogP contribution < -0.4 is 4.74 Å². The fourth-order valence-corrected chi connectivity index (χ4v) is 2.72. The van der Waals surface area contributed by atoms with E-state index in [-0.39, 0.29) is 6.04 Å². The number of rotatable bonds is 4. The number of hydrogen-bond donors (Lipinski definition) is 0. The van der Waals surface area contributed by atoms with E-state index >= 15 is 0 Å². The van der Waals surface area contributed by atoms with Gasteiger partial charge in [-0.2, -0.15) is 5.26 Å². The van der Waals surface area contributed by atoms with Gasteiger partial charge in [-0.05, 0) is 42.7 Å². The standard InChI is InChI=1S/C14H14ClN3O2/c15-10-3-4-13-12(8-10)14(17-20-13)19-9-11-2-1-6-18(11)7-5-16/h3-4,8,11H,1-2,6-7,9H2/t11-/m0/s1. The number of benzene rings is 1. The Hall–Kier alpha value is -1.77. The van der Waals surface area contributed by atoms with Gasteiger partial charge in [-0.25, -0.2) is 0 Å². The maximum Gasteiger partial charge on any atom is 0.262 e. The molecule has 1 saturated heterocycles. The molecule has 0 saturated carbocycles. The first-order valence-corrected chi connectivity index (χ1v) is 6.94. The highest BCUT2D eigenvalue weighted by Gasteiger charge is 2.25. The Morgan fingerprint density at radius 1 is 1.55 bits per heavy atom. The van der Waals surface area contributed by atoms with Crippen LogP contribution in [0.1, 0.15) is 12.8 Å². The van der Waals surface area contributed by atoms with E-state index in [2.05, 4.69) is 16.1 Å². The summed E-state index contributed by atoms with van der Waals surface area (Å²) < 4.78 is 11.0. The Morgan fingerprint density at radius 2 is 2.45 bits per heavy atom. The lowest BCUT2D eigenvalue weighted by atomic mass is 10.2. The normalized spacial score (nSPS) is 19.3. The van der Waals surface area contributed by atoms with Gasteiger partial charge in [0.1, 0.15) is 6.61 Å². The average Bonchev–Trinajstić information content (AvgIpc) is 3.03. The van der Waals surface area contributed by atoms with E-state index in [1.807, 2.05) is 0 Å². The van der Waals surface area contributed by atoms with Crippen molar-refractivity contribution in [3.8, 4) is 11.9 Å². The van der Waals surface area contributed by atoms with Gasteiger partial charge in [0.25, 0.3) is 5.88 Å². The van der Waals surface area contributed by atoms with Crippen molar-refractivity contribution < 1.29 is 9.26 Å². The Morgan fingerprint density at radius 3 is 3.30 bits per heavy atom. The molecule has 20 heavy (non-hydrogen) atoms. The molecule has 0 spiro atoms. The van der Waals surface area contributed by atoms with Gasteiger partial charge >= 0.3 is 0 Å². The van der Waals surface area contributed by atoms with E-state index in [4.69, 9.17) is 26.1 Å². The summed E-state index contributed by atoms with van der Waals surface area (Å²) in [7, 11) is 0. The zero-order valence-corrected chi connectivity index (χ0v) is 11.6. The van der Waals surface area contributed by atoms with Crippen LogP contribution in [0.2, 0.25) is 5.02 Å². The van der Waals surface area contributed by atoms with Crippen LogP contribution in [-0.2, 0) is 0 Å². The Kier molecular flexibility index (Phi) is 3.77. The molecule has 1 atom stereocenters.